The third-order valence-electron chi connectivity index (χ3n) is 6.80. The number of aromatic nitrogens is 1. The molecular formula is C24H25ClN2O3S. The highest BCUT2D eigenvalue weighted by molar-refractivity contribution is 7.91. The van der Waals surface area contributed by atoms with E-state index in [0.717, 1.165) is 5.92 Å². The number of hydrogen-bond donors (Lipinski definition) is 1. The van der Waals surface area contributed by atoms with Crippen molar-refractivity contribution in [2.75, 3.05) is 5.32 Å². The van der Waals surface area contributed by atoms with Crippen molar-refractivity contribution >= 4 is 27.3 Å². The topological polar surface area (TPSA) is 72.2 Å². The highest BCUT2D eigenvalue weighted by atomic mass is 35.5. The smallest absolute Gasteiger partial charge is 0.234 e. The average Bonchev–Trinajstić information content (AvgIpc) is 3.51. The molecule has 0 saturated heterocycles. The van der Waals surface area contributed by atoms with Gasteiger partial charge in [0.2, 0.25) is 26.6 Å². The first-order chi connectivity index (χ1) is 14.9. The molecule has 2 aliphatic carbocycles. The number of nitrogens with zero attached hydrogens (tertiary/aromatic N) is 1. The van der Waals surface area contributed by atoms with Gasteiger partial charge in [0.25, 0.3) is 0 Å². The molecule has 0 spiro atoms. The molecule has 0 radical (unpaired) electrons. The molecule has 2 fully saturated rings. The molecule has 31 heavy (non-hydrogen) atoms. The Morgan fingerprint density at radius 3 is 2.48 bits per heavy atom. The largest absolute Gasteiger partial charge is 0.419 e. The van der Waals surface area contributed by atoms with E-state index < -0.39 is 9.84 Å². The van der Waals surface area contributed by atoms with Crippen molar-refractivity contribution in [1.82, 2.24) is 4.98 Å². The van der Waals surface area contributed by atoms with Crippen molar-refractivity contribution in [2.24, 2.45) is 17.8 Å². The number of fused-ring (bicyclic) bond motifs is 2. The molecule has 2 aliphatic rings. The molecule has 2 aromatic carbocycles. The summed E-state index contributed by atoms with van der Waals surface area (Å²) in [7, 11) is -3.86. The van der Waals surface area contributed by atoms with Crippen LogP contribution in [0.5, 0.6) is 0 Å². The fraction of sp³-hybridized carbons (Fsp3) is 0.375. The van der Waals surface area contributed by atoms with Gasteiger partial charge < -0.3 is 9.73 Å². The van der Waals surface area contributed by atoms with Crippen molar-refractivity contribution in [3.8, 4) is 11.5 Å². The molecule has 7 heteroatoms. The predicted molar refractivity (Wildman–Crippen MR) is 121 cm³/mol. The number of sulfone groups is 1. The van der Waals surface area contributed by atoms with Gasteiger partial charge in [-0.25, -0.2) is 8.42 Å². The third kappa shape index (κ3) is 3.76. The van der Waals surface area contributed by atoms with Crippen molar-refractivity contribution in [3.63, 3.8) is 0 Å². The van der Waals surface area contributed by atoms with Gasteiger partial charge in [0.15, 0.2) is 0 Å². The van der Waals surface area contributed by atoms with E-state index in [-0.39, 0.29) is 27.7 Å². The van der Waals surface area contributed by atoms with E-state index in [4.69, 9.17) is 16.0 Å². The summed E-state index contributed by atoms with van der Waals surface area (Å²) in [6.07, 6.45) is 5.05. The van der Waals surface area contributed by atoms with E-state index in [1.54, 1.807) is 42.5 Å². The zero-order valence-corrected chi connectivity index (χ0v) is 18.9. The van der Waals surface area contributed by atoms with Crippen LogP contribution < -0.4 is 5.32 Å². The monoisotopic (exact) mass is 456 g/mol. The Bertz CT molecular complexity index is 1190. The minimum atomic E-state index is -3.86. The Balaban J connectivity index is 1.55. The van der Waals surface area contributed by atoms with Gasteiger partial charge >= 0.3 is 0 Å². The summed E-state index contributed by atoms with van der Waals surface area (Å²) >= 11 is 6.33. The minimum absolute atomic E-state index is 0.0899. The van der Waals surface area contributed by atoms with Crippen LogP contribution in [0, 0.1) is 17.8 Å². The molecule has 0 amide bonds. The first kappa shape index (κ1) is 20.6. The summed E-state index contributed by atoms with van der Waals surface area (Å²) in [5.41, 5.74) is 0.564. The van der Waals surface area contributed by atoms with Gasteiger partial charge in [0, 0.05) is 6.04 Å². The SMILES string of the molecule is C[C@@H](Nc1oc(-c2ccccc2Cl)nc1S(=O)(=O)c1ccccc1)[C@H]1C[C@@H]2CC[C@H]1C2. The molecular weight excluding hydrogens is 432 g/mol. The maximum absolute atomic E-state index is 13.4. The summed E-state index contributed by atoms with van der Waals surface area (Å²) < 4.78 is 32.9. The molecule has 162 valence electrons. The lowest BCUT2D eigenvalue weighted by Crippen LogP contribution is -2.30. The standard InChI is InChI=1S/C24H25ClN2O3S/c1-15(20-14-16-11-12-17(20)13-16)26-23-24(31(28,29)18-7-3-2-4-8-18)27-22(30-23)19-9-5-6-10-21(19)25/h2-10,15-17,20,26H,11-14H2,1H3/t15-,16-,17+,20-/m1/s1. The first-order valence-corrected chi connectivity index (χ1v) is 12.6. The Morgan fingerprint density at radius 1 is 1.06 bits per heavy atom. The number of rotatable bonds is 6. The minimum Gasteiger partial charge on any atom is -0.419 e. The van der Waals surface area contributed by atoms with Crippen LogP contribution in [-0.2, 0) is 9.84 Å². The highest BCUT2D eigenvalue weighted by Gasteiger charge is 2.42. The Morgan fingerprint density at radius 2 is 1.81 bits per heavy atom. The molecule has 1 N–H and O–H groups in total. The summed E-state index contributed by atoms with van der Waals surface area (Å²) in [6.45, 7) is 2.11. The van der Waals surface area contributed by atoms with Crippen molar-refractivity contribution in [2.45, 2.75) is 48.6 Å². The van der Waals surface area contributed by atoms with Crippen LogP contribution in [0.3, 0.4) is 0 Å². The average molecular weight is 457 g/mol. The molecule has 0 unspecified atom stereocenters. The lowest BCUT2D eigenvalue weighted by Gasteiger charge is -2.28. The Labute approximate surface area is 187 Å². The molecule has 4 atom stereocenters. The van der Waals surface area contributed by atoms with E-state index in [0.29, 0.717) is 22.4 Å². The van der Waals surface area contributed by atoms with Crippen LogP contribution in [0.4, 0.5) is 5.88 Å². The number of anilines is 1. The lowest BCUT2D eigenvalue weighted by molar-refractivity contribution is 0.301. The van der Waals surface area contributed by atoms with Gasteiger partial charge in [0.05, 0.1) is 15.5 Å². The Kier molecular flexibility index (Phi) is 5.30. The summed E-state index contributed by atoms with van der Waals surface area (Å²) in [5.74, 6) is 2.41. The maximum atomic E-state index is 13.4. The van der Waals surface area contributed by atoms with Gasteiger partial charge in [-0.3, -0.25) is 0 Å². The summed E-state index contributed by atoms with van der Waals surface area (Å²) in [6, 6.07) is 15.6. The summed E-state index contributed by atoms with van der Waals surface area (Å²) in [4.78, 5) is 4.60. The van der Waals surface area contributed by atoms with Crippen LogP contribution in [0.2, 0.25) is 5.02 Å². The normalized spacial score (nSPS) is 23.7. The molecule has 2 bridgehead atoms. The van der Waals surface area contributed by atoms with Crippen LogP contribution in [0.1, 0.15) is 32.6 Å². The van der Waals surface area contributed by atoms with E-state index in [9.17, 15) is 8.42 Å². The molecule has 0 aliphatic heterocycles. The van der Waals surface area contributed by atoms with Gasteiger partial charge in [-0.1, -0.05) is 48.4 Å². The van der Waals surface area contributed by atoms with Gasteiger partial charge in [-0.15, -0.1) is 0 Å². The van der Waals surface area contributed by atoms with Crippen LogP contribution in [-0.4, -0.2) is 19.4 Å². The van der Waals surface area contributed by atoms with Crippen LogP contribution in [0.15, 0.2) is 68.9 Å². The lowest BCUT2D eigenvalue weighted by atomic mass is 9.84. The van der Waals surface area contributed by atoms with E-state index >= 15 is 0 Å². The number of halogens is 1. The van der Waals surface area contributed by atoms with Gasteiger partial charge in [-0.2, -0.15) is 4.98 Å². The maximum Gasteiger partial charge on any atom is 0.234 e. The van der Waals surface area contributed by atoms with Crippen molar-refractivity contribution in [3.05, 3.63) is 59.6 Å². The fourth-order valence-corrected chi connectivity index (χ4v) is 6.76. The molecule has 5 rings (SSSR count). The fourth-order valence-electron chi connectivity index (χ4n) is 5.26. The molecule has 2 saturated carbocycles. The first-order valence-electron chi connectivity index (χ1n) is 10.8. The zero-order valence-electron chi connectivity index (χ0n) is 17.3. The van der Waals surface area contributed by atoms with Gasteiger partial charge in [-0.05, 0) is 68.2 Å². The molecule has 1 heterocycles. The van der Waals surface area contributed by atoms with Crippen molar-refractivity contribution < 1.29 is 12.8 Å². The van der Waals surface area contributed by atoms with E-state index in [1.807, 2.05) is 12.1 Å². The predicted octanol–water partition coefficient (Wildman–Crippen LogP) is 6.06. The Hall–Kier alpha value is -2.31. The number of benzene rings is 2. The quantitative estimate of drug-likeness (QED) is 0.487. The second-order valence-corrected chi connectivity index (χ2v) is 11.0. The molecule has 3 aromatic rings. The van der Waals surface area contributed by atoms with Crippen LogP contribution in [0.25, 0.3) is 11.5 Å². The number of hydrogen-bond acceptors (Lipinski definition) is 5. The second kappa shape index (κ2) is 7.99. The molecule has 5 nitrogen and oxygen atoms in total. The van der Waals surface area contributed by atoms with Gasteiger partial charge in [0.1, 0.15) is 0 Å². The third-order valence-corrected chi connectivity index (χ3v) is 8.81. The van der Waals surface area contributed by atoms with E-state index in [1.165, 1.54) is 25.7 Å². The number of nitrogens with one attached hydrogen (secondary N) is 1. The second-order valence-electron chi connectivity index (χ2n) is 8.72. The van der Waals surface area contributed by atoms with Crippen LogP contribution >= 0.6 is 11.6 Å². The molecule has 1 aromatic heterocycles. The zero-order chi connectivity index (χ0) is 21.6. The number of oxazole rings is 1. The summed E-state index contributed by atoms with van der Waals surface area (Å²) in [5, 5.41) is 3.74. The van der Waals surface area contributed by atoms with Crippen molar-refractivity contribution in [1.29, 1.82) is 0 Å². The highest BCUT2D eigenvalue weighted by Crippen LogP contribution is 2.50. The van der Waals surface area contributed by atoms with E-state index in [2.05, 4.69) is 17.2 Å².